The van der Waals surface area contributed by atoms with Crippen molar-refractivity contribution in [2.45, 2.75) is 24.2 Å². The van der Waals surface area contributed by atoms with Crippen molar-refractivity contribution in [3.8, 4) is 11.5 Å². The summed E-state index contributed by atoms with van der Waals surface area (Å²) in [5.41, 5.74) is 1.32. The molecule has 2 N–H and O–H groups in total. The molecule has 7 nitrogen and oxygen atoms in total. The minimum absolute atomic E-state index is 0.0582. The summed E-state index contributed by atoms with van der Waals surface area (Å²) in [4.78, 5) is 12.6. The van der Waals surface area contributed by atoms with Crippen LogP contribution in [0.1, 0.15) is 29.8 Å². The van der Waals surface area contributed by atoms with Crippen molar-refractivity contribution in [1.29, 1.82) is 0 Å². The van der Waals surface area contributed by atoms with Gasteiger partial charge in [0.25, 0.3) is 15.9 Å². The van der Waals surface area contributed by atoms with Crippen LogP contribution in [0.2, 0.25) is 0 Å². The minimum atomic E-state index is -3.87. The summed E-state index contributed by atoms with van der Waals surface area (Å²) in [7, 11) is -3.87. The largest absolute Gasteiger partial charge is 0.486 e. The van der Waals surface area contributed by atoms with E-state index < -0.39 is 15.8 Å². The van der Waals surface area contributed by atoms with E-state index in [4.69, 9.17) is 9.47 Å². The second kappa shape index (κ2) is 9.34. The fourth-order valence-electron chi connectivity index (χ4n) is 3.49. The number of ether oxygens (including phenoxy) is 2. The number of benzene rings is 3. The molecule has 0 unspecified atom stereocenters. The van der Waals surface area contributed by atoms with Crippen LogP contribution in [0.5, 0.6) is 11.5 Å². The summed E-state index contributed by atoms with van der Waals surface area (Å²) < 4.78 is 51.6. The molecule has 0 spiro atoms. The molecule has 0 fully saturated rings. The third-order valence-corrected chi connectivity index (χ3v) is 6.93. The van der Waals surface area contributed by atoms with Crippen LogP contribution in [0, 0.1) is 5.82 Å². The Morgan fingerprint density at radius 2 is 1.59 bits per heavy atom. The number of nitrogens with one attached hydrogen (secondary N) is 2. The average molecular weight is 485 g/mol. The van der Waals surface area contributed by atoms with Crippen molar-refractivity contribution < 1.29 is 27.1 Å². The Kier molecular flexibility index (Phi) is 6.47. The van der Waals surface area contributed by atoms with Crippen molar-refractivity contribution in [3.63, 3.8) is 0 Å². The number of sulfonamides is 1. The molecule has 1 aliphatic rings. The van der Waals surface area contributed by atoms with E-state index in [0.717, 1.165) is 17.7 Å². The van der Waals surface area contributed by atoms with Crippen LogP contribution in [-0.2, 0) is 15.4 Å². The lowest BCUT2D eigenvalue weighted by Gasteiger charge is -2.28. The first-order valence-corrected chi connectivity index (χ1v) is 12.2. The summed E-state index contributed by atoms with van der Waals surface area (Å²) in [6.45, 7) is 5.45. The van der Waals surface area contributed by atoms with Crippen LogP contribution < -0.4 is 19.5 Å². The summed E-state index contributed by atoms with van der Waals surface area (Å²) in [6.07, 6.45) is 0. The molecular formula is C25H25FN2O5S. The van der Waals surface area contributed by atoms with E-state index in [1.54, 1.807) is 0 Å². The highest BCUT2D eigenvalue weighted by molar-refractivity contribution is 7.92. The Hall–Kier alpha value is -3.59. The molecule has 1 amide bonds. The van der Waals surface area contributed by atoms with Gasteiger partial charge in [0, 0.05) is 23.2 Å². The van der Waals surface area contributed by atoms with Gasteiger partial charge in [0.2, 0.25) is 0 Å². The predicted molar refractivity (Wildman–Crippen MR) is 126 cm³/mol. The van der Waals surface area contributed by atoms with Crippen molar-refractivity contribution >= 4 is 21.6 Å². The van der Waals surface area contributed by atoms with Gasteiger partial charge >= 0.3 is 0 Å². The molecule has 1 heterocycles. The lowest BCUT2D eigenvalue weighted by Crippen LogP contribution is -2.36. The molecule has 9 heteroatoms. The van der Waals surface area contributed by atoms with Crippen molar-refractivity contribution in [2.24, 2.45) is 0 Å². The van der Waals surface area contributed by atoms with E-state index >= 15 is 0 Å². The molecule has 178 valence electrons. The quantitative estimate of drug-likeness (QED) is 0.527. The minimum Gasteiger partial charge on any atom is -0.486 e. The number of halogens is 1. The zero-order chi connectivity index (χ0) is 24.3. The van der Waals surface area contributed by atoms with E-state index in [-0.39, 0.29) is 21.9 Å². The number of carbonyl (C=O) groups is 1. The Morgan fingerprint density at radius 3 is 2.26 bits per heavy atom. The second-order valence-corrected chi connectivity index (χ2v) is 10.2. The van der Waals surface area contributed by atoms with Gasteiger partial charge in [-0.3, -0.25) is 9.52 Å². The zero-order valence-corrected chi connectivity index (χ0v) is 19.6. The molecule has 3 aromatic rings. The van der Waals surface area contributed by atoms with Gasteiger partial charge in [-0.1, -0.05) is 19.9 Å². The summed E-state index contributed by atoms with van der Waals surface area (Å²) in [6, 6.07) is 16.4. The number of hydrogen-bond donors (Lipinski definition) is 2. The highest BCUT2D eigenvalue weighted by atomic mass is 32.2. The van der Waals surface area contributed by atoms with Crippen LogP contribution in [0.3, 0.4) is 0 Å². The second-order valence-electron chi connectivity index (χ2n) is 8.56. The molecular weight excluding hydrogens is 459 g/mol. The first-order chi connectivity index (χ1) is 16.1. The van der Waals surface area contributed by atoms with Crippen LogP contribution in [0.15, 0.2) is 71.6 Å². The van der Waals surface area contributed by atoms with Gasteiger partial charge in [0.1, 0.15) is 19.0 Å². The monoisotopic (exact) mass is 484 g/mol. The Balaban J connectivity index is 1.38. The lowest BCUT2D eigenvalue weighted by atomic mass is 9.84. The highest BCUT2D eigenvalue weighted by Crippen LogP contribution is 2.35. The Morgan fingerprint density at radius 1 is 0.941 bits per heavy atom. The number of anilines is 1. The number of rotatable bonds is 7. The van der Waals surface area contributed by atoms with Crippen LogP contribution in [0.4, 0.5) is 10.1 Å². The molecule has 0 radical (unpaired) electrons. The van der Waals surface area contributed by atoms with E-state index in [1.807, 2.05) is 32.0 Å². The topological polar surface area (TPSA) is 93.7 Å². The maximum Gasteiger partial charge on any atom is 0.261 e. The number of amides is 1. The first kappa shape index (κ1) is 23.6. The van der Waals surface area contributed by atoms with Gasteiger partial charge in [0.05, 0.1) is 4.90 Å². The van der Waals surface area contributed by atoms with Crippen molar-refractivity contribution in [3.05, 3.63) is 83.7 Å². The number of fused-ring (bicyclic) bond motifs is 1. The Bertz CT molecular complexity index is 1290. The molecule has 0 aromatic heterocycles. The lowest BCUT2D eigenvalue weighted by molar-refractivity contribution is 0.0945. The van der Waals surface area contributed by atoms with Gasteiger partial charge in [-0.05, 0) is 66.2 Å². The number of carbonyl (C=O) groups excluding carboxylic acids is 1. The molecule has 0 atom stereocenters. The third-order valence-electron chi connectivity index (χ3n) is 5.54. The van der Waals surface area contributed by atoms with Gasteiger partial charge in [-0.25, -0.2) is 12.8 Å². The molecule has 0 bridgehead atoms. The summed E-state index contributed by atoms with van der Waals surface area (Å²) in [5.74, 6) is 0.608. The number of hydrogen-bond acceptors (Lipinski definition) is 5. The smallest absolute Gasteiger partial charge is 0.261 e. The molecule has 34 heavy (non-hydrogen) atoms. The van der Waals surface area contributed by atoms with Crippen LogP contribution in [0.25, 0.3) is 0 Å². The van der Waals surface area contributed by atoms with Gasteiger partial charge in [-0.2, -0.15) is 0 Å². The standard InChI is InChI=1S/C25H25FN2O5S/c1-25(2,18-5-12-22-23(15-18)33-14-13-32-22)16-27-24(29)17-3-8-20(9-4-17)28-34(30,31)21-10-6-19(26)7-11-21/h3-12,15,28H,13-14,16H2,1-2H3,(H,27,29). The maximum atomic E-state index is 13.1. The normalized spacial score (nSPS) is 13.3. The zero-order valence-electron chi connectivity index (χ0n) is 18.8. The van der Waals surface area contributed by atoms with Crippen molar-refractivity contribution in [2.75, 3.05) is 24.5 Å². The first-order valence-electron chi connectivity index (χ1n) is 10.7. The van der Waals surface area contributed by atoms with Crippen LogP contribution >= 0.6 is 0 Å². The van der Waals surface area contributed by atoms with E-state index in [2.05, 4.69) is 10.0 Å². The van der Waals surface area contributed by atoms with E-state index in [0.29, 0.717) is 36.8 Å². The van der Waals surface area contributed by atoms with Gasteiger partial charge in [-0.15, -0.1) is 0 Å². The molecule has 3 aromatic carbocycles. The molecule has 0 aliphatic carbocycles. The summed E-state index contributed by atoms with van der Waals surface area (Å²) >= 11 is 0. The molecule has 1 aliphatic heterocycles. The average Bonchev–Trinajstić information content (AvgIpc) is 2.83. The summed E-state index contributed by atoms with van der Waals surface area (Å²) in [5, 5.41) is 2.93. The maximum absolute atomic E-state index is 13.1. The molecule has 0 saturated heterocycles. The third kappa shape index (κ3) is 5.31. The van der Waals surface area contributed by atoms with E-state index in [9.17, 15) is 17.6 Å². The molecule has 0 saturated carbocycles. The fraction of sp³-hybridized carbons (Fsp3) is 0.240. The SMILES string of the molecule is CC(C)(CNC(=O)c1ccc(NS(=O)(=O)c2ccc(F)cc2)cc1)c1ccc2c(c1)OCCO2. The van der Waals surface area contributed by atoms with Crippen molar-refractivity contribution in [1.82, 2.24) is 5.32 Å². The van der Waals surface area contributed by atoms with E-state index in [1.165, 1.54) is 36.4 Å². The predicted octanol–water partition coefficient (Wildman–Crippen LogP) is 4.11. The fourth-order valence-corrected chi connectivity index (χ4v) is 4.55. The van der Waals surface area contributed by atoms with Gasteiger partial charge in [0.15, 0.2) is 11.5 Å². The van der Waals surface area contributed by atoms with Gasteiger partial charge < -0.3 is 14.8 Å². The Labute approximate surface area is 198 Å². The van der Waals surface area contributed by atoms with Crippen LogP contribution in [-0.4, -0.2) is 34.1 Å². The highest BCUT2D eigenvalue weighted by Gasteiger charge is 2.24. The molecule has 4 rings (SSSR count).